The van der Waals surface area contributed by atoms with Gasteiger partial charge in [-0.1, -0.05) is 5.11 Å². The van der Waals surface area contributed by atoms with Crippen molar-refractivity contribution < 1.29 is 14.0 Å². The van der Waals surface area contributed by atoms with Crippen molar-refractivity contribution >= 4 is 22.7 Å². The summed E-state index contributed by atoms with van der Waals surface area (Å²) < 4.78 is 6.38. The molecule has 0 aliphatic carbocycles. The van der Waals surface area contributed by atoms with Crippen molar-refractivity contribution in [3.05, 3.63) is 10.4 Å². The third kappa shape index (κ3) is 10.9. The van der Waals surface area contributed by atoms with Crippen molar-refractivity contribution in [2.45, 2.75) is 51.1 Å². The van der Waals surface area contributed by atoms with E-state index < -0.39 is 22.7 Å². The monoisotopic (exact) mass is 318 g/mol. The number of azide groups is 1. The van der Waals surface area contributed by atoms with Crippen LogP contribution in [0.4, 0.5) is 4.79 Å². The molecule has 20 heavy (non-hydrogen) atoms. The first kappa shape index (κ1) is 19.0. The van der Waals surface area contributed by atoms with Crippen molar-refractivity contribution in [1.82, 2.24) is 5.32 Å². The standard InChI is InChI=1S/C11H26N4O3Si2/c1-19(2,9-5-7-13-11(16)17)18-20(3,4)10-6-8-14-15-12/h13H,5-10H2,1-4H3,(H,16,17). The zero-order chi connectivity index (χ0) is 15.6. The molecule has 0 saturated heterocycles. The van der Waals surface area contributed by atoms with Crippen LogP contribution in [0.3, 0.4) is 0 Å². The number of amides is 1. The maximum Gasteiger partial charge on any atom is 0.404 e. The SMILES string of the molecule is C[Si](C)(CCCN=[N+]=[N-])O[Si](C)(C)CCCNC(=O)O. The third-order valence-corrected chi connectivity index (χ3v) is 10.4. The van der Waals surface area contributed by atoms with Gasteiger partial charge in [-0.05, 0) is 56.6 Å². The van der Waals surface area contributed by atoms with Gasteiger partial charge in [-0.2, -0.15) is 0 Å². The molecule has 0 aromatic carbocycles. The van der Waals surface area contributed by atoms with E-state index in [4.69, 9.17) is 14.8 Å². The van der Waals surface area contributed by atoms with Gasteiger partial charge in [0.25, 0.3) is 0 Å². The first-order valence-corrected chi connectivity index (χ1v) is 13.1. The molecular formula is C11H26N4O3Si2. The van der Waals surface area contributed by atoms with Crippen LogP contribution >= 0.6 is 0 Å². The Hall–Kier alpha value is -1.03. The van der Waals surface area contributed by atoms with E-state index in [1.807, 2.05) is 0 Å². The lowest BCUT2D eigenvalue weighted by Gasteiger charge is -2.34. The molecule has 0 radical (unpaired) electrons. The second-order valence-corrected chi connectivity index (χ2v) is 14.9. The van der Waals surface area contributed by atoms with Crippen LogP contribution in [-0.4, -0.2) is 40.9 Å². The number of hydrogen-bond acceptors (Lipinski definition) is 3. The molecule has 0 aromatic rings. The number of nitrogens with one attached hydrogen (secondary N) is 1. The molecule has 0 rings (SSSR count). The minimum Gasteiger partial charge on any atom is -0.465 e. The van der Waals surface area contributed by atoms with Gasteiger partial charge in [0.2, 0.25) is 0 Å². The van der Waals surface area contributed by atoms with Gasteiger partial charge >= 0.3 is 6.09 Å². The summed E-state index contributed by atoms with van der Waals surface area (Å²) in [5, 5.41) is 14.4. The average molecular weight is 319 g/mol. The van der Waals surface area contributed by atoms with Crippen molar-refractivity contribution in [3.63, 3.8) is 0 Å². The highest BCUT2D eigenvalue weighted by Crippen LogP contribution is 2.23. The lowest BCUT2D eigenvalue weighted by molar-refractivity contribution is 0.194. The van der Waals surface area contributed by atoms with Gasteiger partial charge < -0.3 is 14.5 Å². The Morgan fingerprint density at radius 2 is 1.80 bits per heavy atom. The van der Waals surface area contributed by atoms with Crippen LogP contribution in [0.1, 0.15) is 12.8 Å². The summed E-state index contributed by atoms with van der Waals surface area (Å²) in [6.45, 7) is 9.74. The predicted octanol–water partition coefficient (Wildman–Crippen LogP) is 3.77. The van der Waals surface area contributed by atoms with Crippen molar-refractivity contribution in [2.24, 2.45) is 5.11 Å². The number of rotatable bonds is 10. The fourth-order valence-corrected chi connectivity index (χ4v) is 11.0. The zero-order valence-electron chi connectivity index (χ0n) is 12.8. The Labute approximate surface area is 122 Å². The second kappa shape index (κ2) is 9.01. The van der Waals surface area contributed by atoms with Gasteiger partial charge in [0.1, 0.15) is 0 Å². The van der Waals surface area contributed by atoms with E-state index in [9.17, 15) is 4.79 Å². The molecule has 0 aromatic heterocycles. The maximum absolute atomic E-state index is 10.4. The molecule has 116 valence electrons. The molecule has 7 nitrogen and oxygen atoms in total. The van der Waals surface area contributed by atoms with Crippen LogP contribution in [0.25, 0.3) is 10.4 Å². The van der Waals surface area contributed by atoms with E-state index in [1.165, 1.54) is 0 Å². The molecule has 0 saturated carbocycles. The molecule has 0 unspecified atom stereocenters. The Kier molecular flexibility index (Phi) is 8.55. The molecule has 9 heteroatoms. The minimum absolute atomic E-state index is 0.480. The number of hydrogen-bond donors (Lipinski definition) is 2. The van der Waals surface area contributed by atoms with Crippen LogP contribution in [0.2, 0.25) is 38.3 Å². The molecule has 0 bridgehead atoms. The molecule has 0 heterocycles. The Balaban J connectivity index is 4.07. The first-order valence-electron chi connectivity index (χ1n) is 6.86. The van der Waals surface area contributed by atoms with E-state index in [0.717, 1.165) is 24.9 Å². The minimum atomic E-state index is -1.75. The summed E-state index contributed by atoms with van der Waals surface area (Å²) in [5.74, 6) is 0. The molecular weight excluding hydrogens is 292 g/mol. The van der Waals surface area contributed by atoms with E-state index in [2.05, 4.69) is 41.5 Å². The van der Waals surface area contributed by atoms with Gasteiger partial charge in [0, 0.05) is 18.0 Å². The fourth-order valence-electron chi connectivity index (χ4n) is 2.18. The molecule has 0 fully saturated rings. The van der Waals surface area contributed by atoms with Gasteiger partial charge in [0.05, 0.1) is 0 Å². The number of nitrogens with zero attached hydrogens (tertiary/aromatic N) is 3. The lowest BCUT2D eigenvalue weighted by atomic mass is 10.5. The molecule has 0 aliphatic heterocycles. The topological polar surface area (TPSA) is 107 Å². The fraction of sp³-hybridized carbons (Fsp3) is 0.909. The largest absolute Gasteiger partial charge is 0.465 e. The third-order valence-electron chi connectivity index (χ3n) is 2.88. The van der Waals surface area contributed by atoms with Crippen molar-refractivity contribution in [2.75, 3.05) is 13.1 Å². The molecule has 0 aliphatic rings. The van der Waals surface area contributed by atoms with Crippen LogP contribution in [0.5, 0.6) is 0 Å². The molecule has 2 N–H and O–H groups in total. The summed E-state index contributed by atoms with van der Waals surface area (Å²) >= 11 is 0. The molecule has 0 spiro atoms. The highest BCUT2D eigenvalue weighted by Gasteiger charge is 2.32. The number of carboxylic acid groups (broad SMARTS) is 1. The first-order chi connectivity index (χ1) is 9.18. The van der Waals surface area contributed by atoms with Gasteiger partial charge in [-0.15, -0.1) is 0 Å². The Morgan fingerprint density at radius 1 is 1.25 bits per heavy atom. The predicted molar refractivity (Wildman–Crippen MR) is 84.9 cm³/mol. The van der Waals surface area contributed by atoms with Crippen molar-refractivity contribution in [1.29, 1.82) is 0 Å². The lowest BCUT2D eigenvalue weighted by Crippen LogP contribution is -2.44. The van der Waals surface area contributed by atoms with Gasteiger partial charge in [-0.3, -0.25) is 0 Å². The maximum atomic E-state index is 10.4. The average Bonchev–Trinajstić information content (AvgIpc) is 2.29. The summed E-state index contributed by atoms with van der Waals surface area (Å²) in [6.07, 6.45) is 0.710. The van der Waals surface area contributed by atoms with E-state index >= 15 is 0 Å². The highest BCUT2D eigenvalue weighted by molar-refractivity contribution is 6.84. The Morgan fingerprint density at radius 3 is 2.30 bits per heavy atom. The quantitative estimate of drug-likeness (QED) is 0.210. The summed E-state index contributed by atoms with van der Waals surface area (Å²) in [7, 11) is -3.48. The summed E-state index contributed by atoms with van der Waals surface area (Å²) in [5.41, 5.74) is 8.24. The number of carbonyl (C=O) groups is 1. The molecule has 1 amide bonds. The smallest absolute Gasteiger partial charge is 0.404 e. The van der Waals surface area contributed by atoms with E-state index in [-0.39, 0.29) is 0 Å². The van der Waals surface area contributed by atoms with Gasteiger partial charge in [-0.25, -0.2) is 4.79 Å². The Bertz CT molecular complexity index is 358. The van der Waals surface area contributed by atoms with Gasteiger partial charge in [0.15, 0.2) is 16.6 Å². The van der Waals surface area contributed by atoms with Crippen LogP contribution in [-0.2, 0) is 4.12 Å². The normalized spacial score (nSPS) is 11.8. The van der Waals surface area contributed by atoms with Crippen LogP contribution in [0.15, 0.2) is 5.11 Å². The molecule has 0 atom stereocenters. The summed E-state index contributed by atoms with van der Waals surface area (Å²) in [6, 6.07) is 1.93. The highest BCUT2D eigenvalue weighted by atomic mass is 28.4. The second-order valence-electron chi connectivity index (χ2n) is 6.01. The summed E-state index contributed by atoms with van der Waals surface area (Å²) in [4.78, 5) is 13.1. The van der Waals surface area contributed by atoms with E-state index in [0.29, 0.717) is 13.1 Å². The van der Waals surface area contributed by atoms with Crippen molar-refractivity contribution in [3.8, 4) is 0 Å². The van der Waals surface area contributed by atoms with Crippen LogP contribution in [0, 0.1) is 0 Å². The zero-order valence-corrected chi connectivity index (χ0v) is 14.8. The van der Waals surface area contributed by atoms with Crippen LogP contribution < -0.4 is 5.32 Å². The van der Waals surface area contributed by atoms with E-state index in [1.54, 1.807) is 0 Å².